The van der Waals surface area contributed by atoms with Gasteiger partial charge in [0.2, 0.25) is 0 Å². The largest absolute Gasteiger partial charge is 0.494 e. The van der Waals surface area contributed by atoms with Crippen LogP contribution in [-0.2, 0) is 4.74 Å². The van der Waals surface area contributed by atoms with Gasteiger partial charge in [-0.2, -0.15) is 0 Å². The van der Waals surface area contributed by atoms with Crippen LogP contribution in [0.25, 0.3) is 0 Å². The molecule has 0 aromatic carbocycles. The topological polar surface area (TPSA) is 9.23 Å². The monoisotopic (exact) mass is 126 g/mol. The van der Waals surface area contributed by atoms with Crippen molar-refractivity contribution in [2.24, 2.45) is 0 Å². The van der Waals surface area contributed by atoms with Crippen LogP contribution in [0.3, 0.4) is 0 Å². The smallest absolute Gasteiger partial charge is 0.114 e. The van der Waals surface area contributed by atoms with E-state index in [1.165, 1.54) is 0 Å². The van der Waals surface area contributed by atoms with Gasteiger partial charge in [0.15, 0.2) is 0 Å². The highest BCUT2D eigenvalue weighted by molar-refractivity contribution is 5.06. The Morgan fingerprint density at radius 1 is 1.67 bits per heavy atom. The molecule has 0 fully saturated rings. The van der Waals surface area contributed by atoms with Crippen molar-refractivity contribution in [3.05, 3.63) is 24.5 Å². The van der Waals surface area contributed by atoms with Crippen LogP contribution in [0.1, 0.15) is 20.3 Å². The molecule has 0 radical (unpaired) electrons. The third kappa shape index (κ3) is 3.83. The van der Waals surface area contributed by atoms with Gasteiger partial charge in [0.05, 0.1) is 6.61 Å². The minimum absolute atomic E-state index is 0.783. The van der Waals surface area contributed by atoms with Crippen LogP contribution < -0.4 is 0 Å². The van der Waals surface area contributed by atoms with Crippen molar-refractivity contribution >= 4 is 0 Å². The van der Waals surface area contributed by atoms with Crippen molar-refractivity contribution in [1.82, 2.24) is 0 Å². The lowest BCUT2D eigenvalue weighted by atomic mass is 10.4. The summed E-state index contributed by atoms with van der Waals surface area (Å²) in [5.41, 5.74) is 0. The van der Waals surface area contributed by atoms with Gasteiger partial charge in [0.1, 0.15) is 5.76 Å². The second-order valence-electron chi connectivity index (χ2n) is 1.74. The van der Waals surface area contributed by atoms with Gasteiger partial charge in [-0.3, -0.25) is 0 Å². The molecular weight excluding hydrogens is 112 g/mol. The van der Waals surface area contributed by atoms with E-state index in [0.29, 0.717) is 0 Å². The summed E-state index contributed by atoms with van der Waals surface area (Å²) in [6.45, 7) is 8.39. The number of ether oxygens (including phenoxy) is 1. The Hall–Kier alpha value is -0.720. The van der Waals surface area contributed by atoms with E-state index in [4.69, 9.17) is 4.74 Å². The summed E-state index contributed by atoms with van der Waals surface area (Å²) >= 11 is 0. The summed E-state index contributed by atoms with van der Waals surface area (Å²) in [4.78, 5) is 0. The lowest BCUT2D eigenvalue weighted by Crippen LogP contribution is -1.89. The van der Waals surface area contributed by atoms with Crippen molar-refractivity contribution in [3.8, 4) is 0 Å². The average molecular weight is 126 g/mol. The molecular formula is C8H14O. The zero-order chi connectivity index (χ0) is 7.11. The molecule has 0 saturated heterocycles. The summed E-state index contributed by atoms with van der Waals surface area (Å²) in [5.74, 6) is 0.872. The predicted octanol–water partition coefficient (Wildman–Crippen LogP) is 2.50. The van der Waals surface area contributed by atoms with Crippen LogP contribution in [0.5, 0.6) is 0 Å². The molecule has 0 N–H and O–H groups in total. The summed E-state index contributed by atoms with van der Waals surface area (Å²) in [7, 11) is 0. The van der Waals surface area contributed by atoms with Crippen LogP contribution in [0, 0.1) is 0 Å². The second-order valence-corrected chi connectivity index (χ2v) is 1.74. The zero-order valence-corrected chi connectivity index (χ0v) is 6.18. The highest BCUT2D eigenvalue weighted by atomic mass is 16.5. The Morgan fingerprint density at radius 2 is 2.33 bits per heavy atom. The first kappa shape index (κ1) is 8.28. The van der Waals surface area contributed by atoms with E-state index >= 15 is 0 Å². The molecule has 0 aromatic heterocycles. The summed E-state index contributed by atoms with van der Waals surface area (Å²) < 4.78 is 5.23. The first-order valence-electron chi connectivity index (χ1n) is 3.26. The second kappa shape index (κ2) is 5.42. The summed E-state index contributed by atoms with van der Waals surface area (Å²) in [6.07, 6.45) is 4.67. The molecule has 0 unspecified atom stereocenters. The minimum Gasteiger partial charge on any atom is -0.494 e. The molecule has 0 atom stereocenters. The van der Waals surface area contributed by atoms with E-state index < -0.39 is 0 Å². The van der Waals surface area contributed by atoms with Gasteiger partial charge in [0.25, 0.3) is 0 Å². The highest BCUT2D eigenvalue weighted by Crippen LogP contribution is 1.97. The average Bonchev–Trinajstić information content (AvgIpc) is 1.91. The van der Waals surface area contributed by atoms with E-state index in [0.717, 1.165) is 18.8 Å². The fraction of sp³-hybridized carbons (Fsp3) is 0.500. The standard InChI is InChI=1S/C8H14O/c1-4-7-9-8(5-2)6-3/h5-6H,2,4,7H2,1,3H3/b8-6+. The molecule has 52 valence electrons. The molecule has 0 spiro atoms. The fourth-order valence-corrected chi connectivity index (χ4v) is 0.480. The Balaban J connectivity index is 3.45. The molecule has 0 bridgehead atoms. The number of hydrogen-bond donors (Lipinski definition) is 0. The SMILES string of the molecule is C=C/C(=C\C)OCCC. The molecule has 0 aliphatic heterocycles. The summed E-state index contributed by atoms with van der Waals surface area (Å²) in [5, 5.41) is 0. The lowest BCUT2D eigenvalue weighted by Gasteiger charge is -2.02. The Kier molecular flexibility index (Phi) is 4.98. The van der Waals surface area contributed by atoms with Crippen LogP contribution in [-0.4, -0.2) is 6.61 Å². The minimum atomic E-state index is 0.783. The Bertz CT molecular complexity index is 103. The maximum absolute atomic E-state index is 5.23. The van der Waals surface area contributed by atoms with Crippen molar-refractivity contribution in [2.45, 2.75) is 20.3 Å². The fourth-order valence-electron chi connectivity index (χ4n) is 0.480. The molecule has 1 heteroatoms. The van der Waals surface area contributed by atoms with Gasteiger partial charge in [0, 0.05) is 0 Å². The quantitative estimate of drug-likeness (QED) is 0.415. The summed E-state index contributed by atoms with van der Waals surface area (Å²) in [6, 6.07) is 0. The van der Waals surface area contributed by atoms with E-state index in [9.17, 15) is 0 Å². The molecule has 1 nitrogen and oxygen atoms in total. The molecule has 9 heavy (non-hydrogen) atoms. The lowest BCUT2D eigenvalue weighted by molar-refractivity contribution is 0.224. The Morgan fingerprint density at radius 3 is 2.67 bits per heavy atom. The molecule has 0 heterocycles. The van der Waals surface area contributed by atoms with Crippen molar-refractivity contribution in [1.29, 1.82) is 0 Å². The van der Waals surface area contributed by atoms with Crippen molar-refractivity contribution < 1.29 is 4.74 Å². The maximum atomic E-state index is 5.23. The predicted molar refractivity (Wildman–Crippen MR) is 40.2 cm³/mol. The highest BCUT2D eigenvalue weighted by Gasteiger charge is 1.85. The van der Waals surface area contributed by atoms with Crippen LogP contribution >= 0.6 is 0 Å². The molecule has 0 saturated carbocycles. The molecule has 0 aromatic rings. The number of allylic oxidation sites excluding steroid dienone is 2. The molecule has 0 amide bonds. The first-order valence-corrected chi connectivity index (χ1v) is 3.26. The third-order valence-electron chi connectivity index (χ3n) is 0.959. The zero-order valence-electron chi connectivity index (χ0n) is 6.18. The van der Waals surface area contributed by atoms with E-state index in [2.05, 4.69) is 13.5 Å². The molecule has 0 aliphatic rings. The van der Waals surface area contributed by atoms with Crippen molar-refractivity contribution in [3.63, 3.8) is 0 Å². The normalized spacial score (nSPS) is 11.1. The van der Waals surface area contributed by atoms with Crippen LogP contribution in [0.4, 0.5) is 0 Å². The van der Waals surface area contributed by atoms with Gasteiger partial charge in [-0.25, -0.2) is 0 Å². The molecule has 0 rings (SSSR count). The number of rotatable bonds is 4. The maximum Gasteiger partial charge on any atom is 0.114 e. The van der Waals surface area contributed by atoms with Crippen LogP contribution in [0.2, 0.25) is 0 Å². The third-order valence-corrected chi connectivity index (χ3v) is 0.959. The van der Waals surface area contributed by atoms with Crippen LogP contribution in [0.15, 0.2) is 24.5 Å². The molecule has 0 aliphatic carbocycles. The van der Waals surface area contributed by atoms with Gasteiger partial charge < -0.3 is 4.74 Å². The van der Waals surface area contributed by atoms with E-state index in [1.54, 1.807) is 6.08 Å². The van der Waals surface area contributed by atoms with Gasteiger partial charge >= 0.3 is 0 Å². The first-order chi connectivity index (χ1) is 4.35. The van der Waals surface area contributed by atoms with Crippen molar-refractivity contribution in [2.75, 3.05) is 6.61 Å². The van der Waals surface area contributed by atoms with Gasteiger partial charge in [-0.15, -0.1) is 0 Å². The Labute approximate surface area is 57.0 Å². The van der Waals surface area contributed by atoms with Gasteiger partial charge in [-0.05, 0) is 25.5 Å². The van der Waals surface area contributed by atoms with E-state index in [1.807, 2.05) is 13.0 Å². The number of hydrogen-bond acceptors (Lipinski definition) is 1. The van der Waals surface area contributed by atoms with E-state index in [-0.39, 0.29) is 0 Å². The van der Waals surface area contributed by atoms with Gasteiger partial charge in [-0.1, -0.05) is 13.5 Å².